The molecule has 1 atom stereocenters. The molecule has 0 saturated heterocycles. The van der Waals surface area contributed by atoms with E-state index in [1.165, 1.54) is 25.0 Å². The smallest absolute Gasteiger partial charge is 0.407 e. The molecule has 2 rings (SSSR count). The molecular weight excluding hydrogens is 281 g/mol. The molecule has 1 N–H and O–H groups in total. The predicted molar refractivity (Wildman–Crippen MR) is 89.2 cm³/mol. The number of amides is 1. The van der Waals surface area contributed by atoms with Crippen molar-refractivity contribution >= 4 is 6.09 Å². The average Bonchev–Trinajstić information content (AvgIpc) is 3.34. The molecule has 0 aromatic heterocycles. The van der Waals surface area contributed by atoms with Gasteiger partial charge in [-0.2, -0.15) is 0 Å². The van der Waals surface area contributed by atoms with Crippen LogP contribution < -0.4 is 5.32 Å². The van der Waals surface area contributed by atoms with E-state index in [4.69, 9.17) is 4.74 Å². The maximum Gasteiger partial charge on any atom is 0.407 e. The molecule has 0 heterocycles. The molecule has 0 spiro atoms. The topological polar surface area (TPSA) is 38.3 Å². The van der Waals surface area contributed by atoms with Gasteiger partial charge in [-0.05, 0) is 37.0 Å². The molecule has 0 bridgehead atoms. The highest BCUT2D eigenvalue weighted by molar-refractivity contribution is 5.67. The molecule has 1 aromatic carbocycles. The van der Waals surface area contributed by atoms with Gasteiger partial charge in [-0.15, -0.1) is 0 Å². The first-order valence-corrected chi connectivity index (χ1v) is 8.31. The summed E-state index contributed by atoms with van der Waals surface area (Å²) in [6.45, 7) is 10.2. The van der Waals surface area contributed by atoms with Crippen molar-refractivity contribution in [2.24, 2.45) is 5.92 Å². The molecule has 3 nitrogen and oxygen atoms in total. The van der Waals surface area contributed by atoms with Gasteiger partial charge in [-0.3, -0.25) is 0 Å². The maximum atomic E-state index is 12.7. The number of benzene rings is 1. The molecule has 1 aromatic rings. The van der Waals surface area contributed by atoms with Crippen LogP contribution in [0.2, 0.25) is 0 Å². The number of hydrogen-bond donors (Lipinski definition) is 1. The quantitative estimate of drug-likeness (QED) is 0.802. The van der Waals surface area contributed by atoms with Crippen LogP contribution in [0.25, 0.3) is 0 Å². The SMILES string of the molecule is CC.CC.CC(CC1CC1)NC(=O)OCc1ccc(F)cc1. The summed E-state index contributed by atoms with van der Waals surface area (Å²) in [5, 5.41) is 2.80. The number of ether oxygens (including phenoxy) is 1. The number of hydrogen-bond acceptors (Lipinski definition) is 2. The van der Waals surface area contributed by atoms with Gasteiger partial charge in [0.15, 0.2) is 0 Å². The van der Waals surface area contributed by atoms with Gasteiger partial charge in [0.2, 0.25) is 0 Å². The fraction of sp³-hybridized carbons (Fsp3) is 0.611. The molecule has 1 unspecified atom stereocenters. The first-order valence-electron chi connectivity index (χ1n) is 8.31. The highest BCUT2D eigenvalue weighted by Crippen LogP contribution is 2.33. The van der Waals surface area contributed by atoms with Gasteiger partial charge in [-0.25, -0.2) is 9.18 Å². The van der Waals surface area contributed by atoms with Crippen LogP contribution in [0, 0.1) is 11.7 Å². The van der Waals surface area contributed by atoms with Crippen molar-refractivity contribution in [1.82, 2.24) is 5.32 Å². The molecule has 0 aliphatic heterocycles. The van der Waals surface area contributed by atoms with Gasteiger partial charge in [0, 0.05) is 6.04 Å². The largest absolute Gasteiger partial charge is 0.445 e. The van der Waals surface area contributed by atoms with E-state index < -0.39 is 6.09 Å². The number of rotatable bonds is 5. The van der Waals surface area contributed by atoms with Crippen LogP contribution in [0.3, 0.4) is 0 Å². The standard InChI is InChI=1S/C14H18FNO2.2C2H6/c1-10(8-11-2-3-11)16-14(17)18-9-12-4-6-13(15)7-5-12;2*1-2/h4-7,10-11H,2-3,8-9H2,1H3,(H,16,17);2*1-2H3. The summed E-state index contributed by atoms with van der Waals surface area (Å²) in [5.74, 6) is 0.485. The van der Waals surface area contributed by atoms with Crippen molar-refractivity contribution in [3.8, 4) is 0 Å². The second-order valence-corrected chi connectivity index (χ2v) is 4.93. The fourth-order valence-corrected chi connectivity index (χ4v) is 1.88. The number of halogens is 1. The van der Waals surface area contributed by atoms with Gasteiger partial charge in [0.05, 0.1) is 0 Å². The Morgan fingerprint density at radius 2 is 1.77 bits per heavy atom. The lowest BCUT2D eigenvalue weighted by atomic mass is 10.2. The molecule has 1 fully saturated rings. The number of nitrogens with one attached hydrogen (secondary N) is 1. The minimum atomic E-state index is -0.410. The van der Waals surface area contributed by atoms with Gasteiger partial charge in [-0.1, -0.05) is 52.7 Å². The normalized spacial score (nSPS) is 13.7. The Kier molecular flexibility index (Phi) is 11.2. The van der Waals surface area contributed by atoms with Crippen molar-refractivity contribution in [2.45, 2.75) is 66.5 Å². The van der Waals surface area contributed by atoms with Gasteiger partial charge in [0.25, 0.3) is 0 Å². The van der Waals surface area contributed by atoms with Crippen LogP contribution in [0.4, 0.5) is 9.18 Å². The van der Waals surface area contributed by atoms with E-state index in [0.29, 0.717) is 0 Å². The van der Waals surface area contributed by atoms with Crippen molar-refractivity contribution in [3.63, 3.8) is 0 Å². The molecular formula is C18H30FNO2. The molecule has 1 amide bonds. The third-order valence-electron chi connectivity index (χ3n) is 3.03. The lowest BCUT2D eigenvalue weighted by Gasteiger charge is -2.13. The molecule has 126 valence electrons. The van der Waals surface area contributed by atoms with Gasteiger partial charge in [0.1, 0.15) is 12.4 Å². The van der Waals surface area contributed by atoms with E-state index in [1.54, 1.807) is 12.1 Å². The summed E-state index contributed by atoms with van der Waals surface area (Å²) in [6.07, 6.45) is 3.16. The van der Waals surface area contributed by atoms with Crippen molar-refractivity contribution in [3.05, 3.63) is 35.6 Å². The number of carbonyl (C=O) groups excluding carboxylic acids is 1. The monoisotopic (exact) mass is 311 g/mol. The first kappa shape index (κ1) is 20.4. The van der Waals surface area contributed by atoms with E-state index in [1.807, 2.05) is 34.6 Å². The first-order chi connectivity index (χ1) is 10.6. The van der Waals surface area contributed by atoms with E-state index >= 15 is 0 Å². The zero-order valence-electron chi connectivity index (χ0n) is 14.5. The van der Waals surface area contributed by atoms with Crippen molar-refractivity contribution < 1.29 is 13.9 Å². The van der Waals surface area contributed by atoms with Crippen LogP contribution in [0.5, 0.6) is 0 Å². The van der Waals surface area contributed by atoms with E-state index in [2.05, 4.69) is 5.32 Å². The Labute approximate surface area is 134 Å². The van der Waals surface area contributed by atoms with Crippen LogP contribution in [0.15, 0.2) is 24.3 Å². The van der Waals surface area contributed by atoms with Crippen molar-refractivity contribution in [2.75, 3.05) is 0 Å². The maximum absolute atomic E-state index is 12.7. The van der Waals surface area contributed by atoms with Crippen molar-refractivity contribution in [1.29, 1.82) is 0 Å². The summed E-state index contributed by atoms with van der Waals surface area (Å²) < 4.78 is 17.7. The lowest BCUT2D eigenvalue weighted by Crippen LogP contribution is -2.33. The van der Waals surface area contributed by atoms with Crippen LogP contribution in [0.1, 0.15) is 59.4 Å². The molecule has 1 saturated carbocycles. The molecule has 0 radical (unpaired) electrons. The highest BCUT2D eigenvalue weighted by atomic mass is 19.1. The summed E-state index contributed by atoms with van der Waals surface area (Å²) in [4.78, 5) is 11.5. The Morgan fingerprint density at radius 1 is 1.23 bits per heavy atom. The summed E-state index contributed by atoms with van der Waals surface area (Å²) in [6, 6.07) is 6.07. The minimum absolute atomic E-state index is 0.151. The third-order valence-corrected chi connectivity index (χ3v) is 3.03. The van der Waals surface area contributed by atoms with E-state index in [9.17, 15) is 9.18 Å². The highest BCUT2D eigenvalue weighted by Gasteiger charge is 2.24. The second-order valence-electron chi connectivity index (χ2n) is 4.93. The Morgan fingerprint density at radius 3 is 2.27 bits per heavy atom. The Balaban J connectivity index is 0.00000102. The molecule has 1 aliphatic carbocycles. The summed E-state index contributed by atoms with van der Waals surface area (Å²) in [5.41, 5.74) is 0.779. The number of carbonyl (C=O) groups is 1. The average molecular weight is 311 g/mol. The number of alkyl carbamates (subject to hydrolysis) is 1. The predicted octanol–water partition coefficient (Wildman–Crippen LogP) is 5.29. The molecule has 1 aliphatic rings. The van der Waals surface area contributed by atoms with E-state index in [-0.39, 0.29) is 18.5 Å². The van der Waals surface area contributed by atoms with Gasteiger partial charge < -0.3 is 10.1 Å². The zero-order chi connectivity index (χ0) is 17.0. The van der Waals surface area contributed by atoms with Crippen LogP contribution >= 0.6 is 0 Å². The molecule has 22 heavy (non-hydrogen) atoms. The second kappa shape index (κ2) is 12.0. The Hall–Kier alpha value is -1.58. The zero-order valence-corrected chi connectivity index (χ0v) is 14.5. The minimum Gasteiger partial charge on any atom is -0.445 e. The Bertz CT molecular complexity index is 402. The lowest BCUT2D eigenvalue weighted by molar-refractivity contribution is 0.135. The summed E-state index contributed by atoms with van der Waals surface area (Å²) >= 11 is 0. The molecule has 4 heteroatoms. The van der Waals surface area contributed by atoms with E-state index in [0.717, 1.165) is 17.9 Å². The fourth-order valence-electron chi connectivity index (χ4n) is 1.88. The van der Waals surface area contributed by atoms with Crippen LogP contribution in [-0.4, -0.2) is 12.1 Å². The van der Waals surface area contributed by atoms with Gasteiger partial charge >= 0.3 is 6.09 Å². The van der Waals surface area contributed by atoms with Crippen LogP contribution in [-0.2, 0) is 11.3 Å². The third kappa shape index (κ3) is 9.37. The summed E-state index contributed by atoms with van der Waals surface area (Å²) in [7, 11) is 0.